The summed E-state index contributed by atoms with van der Waals surface area (Å²) in [5.41, 5.74) is -2.59. The quantitative estimate of drug-likeness (QED) is 0.722. The molecule has 0 aromatic carbocycles. The van der Waals surface area contributed by atoms with Crippen LogP contribution in [0.4, 0.5) is 13.2 Å². The minimum atomic E-state index is -4.68. The van der Waals surface area contributed by atoms with Crippen molar-refractivity contribution in [3.63, 3.8) is 0 Å². The maximum Gasteiger partial charge on any atom is 0.435 e. The molecule has 7 heteroatoms. The van der Waals surface area contributed by atoms with Crippen molar-refractivity contribution in [2.24, 2.45) is 0 Å². The average Bonchev–Trinajstić information content (AvgIpc) is 2.40. The van der Waals surface area contributed by atoms with Gasteiger partial charge in [0.15, 0.2) is 12.0 Å². The van der Waals surface area contributed by atoms with Crippen LogP contribution in [0.15, 0.2) is 0 Å². The Morgan fingerprint density at radius 3 is 2.06 bits per heavy atom. The number of carbonyl (C=O) groups is 1. The fourth-order valence-electron chi connectivity index (χ4n) is 1.17. The van der Waals surface area contributed by atoms with Gasteiger partial charge in [-0.15, -0.1) is 0 Å². The maximum absolute atomic E-state index is 12.5. The van der Waals surface area contributed by atoms with Crippen molar-refractivity contribution in [3.8, 4) is 0 Å². The van der Waals surface area contributed by atoms with Gasteiger partial charge in [0.25, 0.3) is 0 Å². The SMILES string of the molecule is CC(C)(C)n1nc(C(F)(F)F)c(C=O)c1Cl. The second-order valence-electron chi connectivity index (χ2n) is 4.25. The monoisotopic (exact) mass is 254 g/mol. The molecule has 0 atom stereocenters. The molecule has 0 aliphatic heterocycles. The summed E-state index contributed by atoms with van der Waals surface area (Å²) in [6, 6.07) is 0. The van der Waals surface area contributed by atoms with E-state index in [1.54, 1.807) is 20.8 Å². The summed E-state index contributed by atoms with van der Waals surface area (Å²) in [4.78, 5) is 10.6. The second kappa shape index (κ2) is 3.76. The molecule has 1 aromatic rings. The van der Waals surface area contributed by atoms with E-state index in [9.17, 15) is 18.0 Å². The highest BCUT2D eigenvalue weighted by Gasteiger charge is 2.40. The van der Waals surface area contributed by atoms with Crippen LogP contribution < -0.4 is 0 Å². The first-order valence-corrected chi connectivity index (χ1v) is 4.78. The van der Waals surface area contributed by atoms with E-state index >= 15 is 0 Å². The Morgan fingerprint density at radius 1 is 1.31 bits per heavy atom. The maximum atomic E-state index is 12.5. The van der Waals surface area contributed by atoms with E-state index in [-0.39, 0.29) is 11.4 Å². The lowest BCUT2D eigenvalue weighted by Gasteiger charge is -2.20. The van der Waals surface area contributed by atoms with Crippen molar-refractivity contribution < 1.29 is 18.0 Å². The lowest BCUT2D eigenvalue weighted by molar-refractivity contribution is -0.141. The molecule has 0 N–H and O–H groups in total. The van der Waals surface area contributed by atoms with Gasteiger partial charge < -0.3 is 0 Å². The van der Waals surface area contributed by atoms with E-state index in [1.807, 2.05) is 0 Å². The number of rotatable bonds is 1. The topological polar surface area (TPSA) is 34.9 Å². The second-order valence-corrected chi connectivity index (χ2v) is 4.61. The first-order valence-electron chi connectivity index (χ1n) is 4.40. The number of hydrogen-bond acceptors (Lipinski definition) is 2. The molecule has 90 valence electrons. The van der Waals surface area contributed by atoms with Gasteiger partial charge >= 0.3 is 6.18 Å². The lowest BCUT2D eigenvalue weighted by Crippen LogP contribution is -2.24. The molecule has 0 saturated carbocycles. The van der Waals surface area contributed by atoms with Crippen molar-refractivity contribution in [3.05, 3.63) is 16.4 Å². The van der Waals surface area contributed by atoms with Gasteiger partial charge in [-0.25, -0.2) is 4.68 Å². The zero-order valence-electron chi connectivity index (χ0n) is 8.89. The zero-order chi connectivity index (χ0) is 12.7. The lowest BCUT2D eigenvalue weighted by atomic mass is 10.1. The fraction of sp³-hybridized carbons (Fsp3) is 0.556. The Hall–Kier alpha value is -1.04. The first kappa shape index (κ1) is 13.0. The van der Waals surface area contributed by atoms with Gasteiger partial charge in [0.1, 0.15) is 5.15 Å². The predicted molar refractivity (Wildman–Crippen MR) is 52.6 cm³/mol. The molecule has 1 aromatic heterocycles. The summed E-state index contributed by atoms with van der Waals surface area (Å²) in [7, 11) is 0. The fourth-order valence-corrected chi connectivity index (χ4v) is 1.59. The van der Waals surface area contributed by atoms with Crippen LogP contribution >= 0.6 is 11.6 Å². The number of alkyl halides is 3. The average molecular weight is 255 g/mol. The Labute approximate surface area is 95.2 Å². The van der Waals surface area contributed by atoms with Crippen molar-refractivity contribution in [2.45, 2.75) is 32.5 Å². The summed E-state index contributed by atoms with van der Waals surface area (Å²) in [5.74, 6) is 0. The predicted octanol–water partition coefficient (Wildman–Crippen LogP) is 3.12. The molecule has 0 aliphatic carbocycles. The van der Waals surface area contributed by atoms with Crippen molar-refractivity contribution in [1.29, 1.82) is 0 Å². The third-order valence-electron chi connectivity index (χ3n) is 1.89. The Kier molecular flexibility index (Phi) is 3.06. The smallest absolute Gasteiger partial charge is 0.298 e. The summed E-state index contributed by atoms with van der Waals surface area (Å²) in [5, 5.41) is 3.06. The van der Waals surface area contributed by atoms with Gasteiger partial charge in [0.2, 0.25) is 0 Å². The van der Waals surface area contributed by atoms with E-state index in [0.717, 1.165) is 4.68 Å². The van der Waals surface area contributed by atoms with Crippen LogP contribution in [0.3, 0.4) is 0 Å². The number of aromatic nitrogens is 2. The Bertz CT molecular complexity index is 418. The van der Waals surface area contributed by atoms with Crippen LogP contribution in [-0.4, -0.2) is 16.1 Å². The van der Waals surface area contributed by atoms with Crippen LogP contribution in [0.2, 0.25) is 5.15 Å². The van der Waals surface area contributed by atoms with E-state index in [1.165, 1.54) is 0 Å². The van der Waals surface area contributed by atoms with Gasteiger partial charge in [-0.1, -0.05) is 11.6 Å². The molecule has 0 unspecified atom stereocenters. The Balaban J connectivity index is 3.50. The molecular formula is C9H10ClF3N2O. The Morgan fingerprint density at radius 2 is 1.81 bits per heavy atom. The summed E-state index contributed by atoms with van der Waals surface area (Å²) in [6.07, 6.45) is -4.61. The standard InChI is InChI=1S/C9H10ClF3N2O/c1-8(2,3)15-7(10)5(4-16)6(14-15)9(11,12)13/h4H,1-3H3. The van der Waals surface area contributed by atoms with Gasteiger partial charge in [0.05, 0.1) is 11.1 Å². The molecule has 3 nitrogen and oxygen atoms in total. The molecule has 0 amide bonds. The number of halogens is 4. The minimum Gasteiger partial charge on any atom is -0.298 e. The molecule has 0 fully saturated rings. The molecule has 1 heterocycles. The highest BCUT2D eigenvalue weighted by atomic mass is 35.5. The number of nitrogens with zero attached hydrogens (tertiary/aromatic N) is 2. The van der Waals surface area contributed by atoms with Crippen LogP contribution in [0.1, 0.15) is 36.8 Å². The normalized spacial score (nSPS) is 12.9. The van der Waals surface area contributed by atoms with Crippen molar-refractivity contribution in [2.75, 3.05) is 0 Å². The molecule has 0 aliphatic rings. The van der Waals surface area contributed by atoms with E-state index in [4.69, 9.17) is 11.6 Å². The largest absolute Gasteiger partial charge is 0.435 e. The van der Waals surface area contributed by atoms with E-state index in [2.05, 4.69) is 5.10 Å². The molecule has 0 spiro atoms. The number of aldehydes is 1. The number of hydrogen-bond donors (Lipinski definition) is 0. The van der Waals surface area contributed by atoms with Crippen LogP contribution in [-0.2, 0) is 11.7 Å². The summed E-state index contributed by atoms with van der Waals surface area (Å²) < 4.78 is 38.6. The molecule has 0 radical (unpaired) electrons. The van der Waals surface area contributed by atoms with Crippen molar-refractivity contribution >= 4 is 17.9 Å². The van der Waals surface area contributed by atoms with Gasteiger partial charge in [-0.2, -0.15) is 18.3 Å². The van der Waals surface area contributed by atoms with Crippen LogP contribution in [0, 0.1) is 0 Å². The van der Waals surface area contributed by atoms with Crippen molar-refractivity contribution in [1.82, 2.24) is 9.78 Å². The zero-order valence-corrected chi connectivity index (χ0v) is 9.65. The molecule has 0 bridgehead atoms. The number of carbonyl (C=O) groups excluding carboxylic acids is 1. The molecule has 0 saturated heterocycles. The van der Waals surface area contributed by atoms with E-state index < -0.39 is 23.0 Å². The molecule has 16 heavy (non-hydrogen) atoms. The minimum absolute atomic E-state index is 0.0698. The first-order chi connectivity index (χ1) is 7.09. The third kappa shape index (κ3) is 2.21. The molecular weight excluding hydrogens is 245 g/mol. The summed E-state index contributed by atoms with van der Waals surface area (Å²) >= 11 is 5.69. The highest BCUT2D eigenvalue weighted by molar-refractivity contribution is 6.32. The summed E-state index contributed by atoms with van der Waals surface area (Å²) in [6.45, 7) is 4.92. The molecule has 1 rings (SSSR count). The van der Waals surface area contributed by atoms with Gasteiger partial charge in [0, 0.05) is 0 Å². The van der Waals surface area contributed by atoms with Gasteiger partial charge in [-0.05, 0) is 20.8 Å². The van der Waals surface area contributed by atoms with Crippen LogP contribution in [0.5, 0.6) is 0 Å². The third-order valence-corrected chi connectivity index (χ3v) is 2.25. The van der Waals surface area contributed by atoms with Crippen LogP contribution in [0.25, 0.3) is 0 Å². The van der Waals surface area contributed by atoms with Gasteiger partial charge in [-0.3, -0.25) is 4.79 Å². The highest BCUT2D eigenvalue weighted by Crippen LogP contribution is 2.35. The van der Waals surface area contributed by atoms with E-state index in [0.29, 0.717) is 0 Å².